The fourth-order valence-electron chi connectivity index (χ4n) is 4.46. The quantitative estimate of drug-likeness (QED) is 0.263. The SMILES string of the molecule is COc1ccc(C(C)(C)c2ccc(Oc3ccc(S(=O)(=O)c4ccc(C)cc4C)c(C)c3)cc2)cc1. The predicted molar refractivity (Wildman–Crippen MR) is 144 cm³/mol. The molecule has 0 aliphatic rings. The van der Waals surface area contributed by atoms with Gasteiger partial charge in [0.2, 0.25) is 9.84 Å². The van der Waals surface area contributed by atoms with Gasteiger partial charge < -0.3 is 9.47 Å². The molecule has 4 aromatic rings. The summed E-state index contributed by atoms with van der Waals surface area (Å²) in [5.74, 6) is 2.12. The number of ether oxygens (including phenoxy) is 2. The van der Waals surface area contributed by atoms with E-state index in [1.54, 1.807) is 38.3 Å². The molecule has 0 aromatic heterocycles. The Labute approximate surface area is 214 Å². The van der Waals surface area contributed by atoms with Gasteiger partial charge in [-0.1, -0.05) is 55.8 Å². The minimum atomic E-state index is -3.62. The molecule has 36 heavy (non-hydrogen) atoms. The van der Waals surface area contributed by atoms with Crippen molar-refractivity contribution in [3.63, 3.8) is 0 Å². The monoisotopic (exact) mass is 500 g/mol. The number of rotatable bonds is 7. The Morgan fingerprint density at radius 2 is 1.08 bits per heavy atom. The summed E-state index contributed by atoms with van der Waals surface area (Å²) < 4.78 is 37.9. The van der Waals surface area contributed by atoms with E-state index in [4.69, 9.17) is 9.47 Å². The van der Waals surface area contributed by atoms with E-state index in [1.807, 2.05) is 50.2 Å². The van der Waals surface area contributed by atoms with Crippen LogP contribution in [0.5, 0.6) is 17.2 Å². The zero-order chi connectivity index (χ0) is 26.1. The number of benzene rings is 4. The Morgan fingerprint density at radius 3 is 1.58 bits per heavy atom. The van der Waals surface area contributed by atoms with Gasteiger partial charge in [-0.2, -0.15) is 0 Å². The molecule has 0 N–H and O–H groups in total. The van der Waals surface area contributed by atoms with Crippen LogP contribution in [0.2, 0.25) is 0 Å². The summed E-state index contributed by atoms with van der Waals surface area (Å²) in [4.78, 5) is 0.623. The summed E-state index contributed by atoms with van der Waals surface area (Å²) in [6.45, 7) is 9.94. The number of sulfone groups is 1. The molecule has 0 spiro atoms. The van der Waals surface area contributed by atoms with Crippen molar-refractivity contribution in [3.05, 3.63) is 113 Å². The van der Waals surface area contributed by atoms with Gasteiger partial charge in [-0.25, -0.2) is 8.42 Å². The van der Waals surface area contributed by atoms with E-state index in [-0.39, 0.29) is 5.41 Å². The molecule has 0 atom stereocenters. The van der Waals surface area contributed by atoms with Gasteiger partial charge in [0.05, 0.1) is 16.9 Å². The normalized spacial score (nSPS) is 11.8. The smallest absolute Gasteiger partial charge is 0.207 e. The van der Waals surface area contributed by atoms with E-state index >= 15 is 0 Å². The molecular formula is C31H32O4S. The lowest BCUT2D eigenvalue weighted by atomic mass is 9.78. The number of aryl methyl sites for hydroxylation is 3. The number of methoxy groups -OCH3 is 1. The van der Waals surface area contributed by atoms with Gasteiger partial charge >= 0.3 is 0 Å². The molecule has 4 nitrogen and oxygen atoms in total. The highest BCUT2D eigenvalue weighted by molar-refractivity contribution is 7.91. The Bertz CT molecular complexity index is 1480. The third kappa shape index (κ3) is 5.02. The Kier molecular flexibility index (Phi) is 6.96. The predicted octanol–water partition coefficient (Wildman–Crippen LogP) is 7.57. The van der Waals surface area contributed by atoms with Crippen molar-refractivity contribution < 1.29 is 17.9 Å². The zero-order valence-corrected chi connectivity index (χ0v) is 22.4. The average Bonchev–Trinajstić information content (AvgIpc) is 2.84. The van der Waals surface area contributed by atoms with Gasteiger partial charge in [-0.3, -0.25) is 0 Å². The molecule has 0 amide bonds. The van der Waals surface area contributed by atoms with Gasteiger partial charge in [0.15, 0.2) is 0 Å². The number of hydrogen-bond donors (Lipinski definition) is 0. The van der Waals surface area contributed by atoms with Gasteiger partial charge in [-0.05, 0) is 91.6 Å². The highest BCUT2D eigenvalue weighted by Crippen LogP contribution is 2.35. The first-order valence-electron chi connectivity index (χ1n) is 11.9. The van der Waals surface area contributed by atoms with Crippen molar-refractivity contribution in [2.45, 2.75) is 49.8 Å². The van der Waals surface area contributed by atoms with Crippen molar-refractivity contribution in [1.29, 1.82) is 0 Å². The zero-order valence-electron chi connectivity index (χ0n) is 21.6. The topological polar surface area (TPSA) is 52.6 Å². The first-order chi connectivity index (χ1) is 17.0. The maximum absolute atomic E-state index is 13.3. The van der Waals surface area contributed by atoms with Gasteiger partial charge in [0, 0.05) is 5.41 Å². The molecule has 4 aromatic carbocycles. The van der Waals surface area contributed by atoms with Gasteiger partial charge in [0.25, 0.3) is 0 Å². The molecule has 5 heteroatoms. The van der Waals surface area contributed by atoms with Gasteiger partial charge in [0.1, 0.15) is 17.2 Å². The molecule has 0 aliphatic heterocycles. The molecule has 186 valence electrons. The van der Waals surface area contributed by atoms with E-state index in [1.165, 1.54) is 5.56 Å². The average molecular weight is 501 g/mol. The second kappa shape index (κ2) is 9.82. The third-order valence-corrected chi connectivity index (χ3v) is 8.75. The first kappa shape index (κ1) is 25.5. The van der Waals surface area contributed by atoms with Crippen LogP contribution >= 0.6 is 0 Å². The van der Waals surface area contributed by atoms with E-state index < -0.39 is 9.84 Å². The maximum Gasteiger partial charge on any atom is 0.207 e. The highest BCUT2D eigenvalue weighted by atomic mass is 32.2. The van der Waals surface area contributed by atoms with E-state index in [9.17, 15) is 8.42 Å². The molecule has 0 bridgehead atoms. The second-order valence-electron chi connectivity index (χ2n) is 9.68. The molecule has 0 unspecified atom stereocenters. The Hall–Kier alpha value is -3.57. The Morgan fingerprint density at radius 1 is 0.611 bits per heavy atom. The summed E-state index contributed by atoms with van der Waals surface area (Å²) in [6.07, 6.45) is 0. The summed E-state index contributed by atoms with van der Waals surface area (Å²) >= 11 is 0. The lowest BCUT2D eigenvalue weighted by Gasteiger charge is -2.26. The van der Waals surface area contributed by atoms with Crippen LogP contribution in [-0.2, 0) is 15.3 Å². The first-order valence-corrected chi connectivity index (χ1v) is 13.4. The molecule has 0 saturated heterocycles. The van der Waals surface area contributed by atoms with Crippen LogP contribution in [0.4, 0.5) is 0 Å². The lowest BCUT2D eigenvalue weighted by molar-refractivity contribution is 0.414. The van der Waals surface area contributed by atoms with E-state index in [0.717, 1.165) is 22.4 Å². The highest BCUT2D eigenvalue weighted by Gasteiger charge is 2.24. The second-order valence-corrected chi connectivity index (χ2v) is 11.6. The van der Waals surface area contributed by atoms with Crippen LogP contribution in [0.1, 0.15) is 41.7 Å². The van der Waals surface area contributed by atoms with Crippen LogP contribution < -0.4 is 9.47 Å². The molecule has 4 rings (SSSR count). The molecule has 0 saturated carbocycles. The van der Waals surface area contributed by atoms with Crippen molar-refractivity contribution in [2.75, 3.05) is 7.11 Å². The fraction of sp³-hybridized carbons (Fsp3) is 0.226. The molecule has 0 aliphatic carbocycles. The minimum absolute atomic E-state index is 0.189. The number of hydrogen-bond acceptors (Lipinski definition) is 4. The van der Waals surface area contributed by atoms with Crippen LogP contribution in [0.15, 0.2) is 94.7 Å². The summed E-state index contributed by atoms with van der Waals surface area (Å²) in [5.41, 5.74) is 4.58. The summed E-state index contributed by atoms with van der Waals surface area (Å²) in [6, 6.07) is 26.6. The van der Waals surface area contributed by atoms with Crippen molar-refractivity contribution in [1.82, 2.24) is 0 Å². The lowest BCUT2D eigenvalue weighted by Crippen LogP contribution is -2.18. The van der Waals surface area contributed by atoms with E-state index in [2.05, 4.69) is 38.1 Å². The Balaban J connectivity index is 1.54. The molecule has 0 radical (unpaired) electrons. The van der Waals surface area contributed by atoms with Crippen molar-refractivity contribution >= 4 is 9.84 Å². The van der Waals surface area contributed by atoms with E-state index in [0.29, 0.717) is 26.9 Å². The largest absolute Gasteiger partial charge is 0.497 e. The maximum atomic E-state index is 13.3. The van der Waals surface area contributed by atoms with Crippen LogP contribution in [0.3, 0.4) is 0 Å². The fourth-order valence-corrected chi connectivity index (χ4v) is 6.15. The minimum Gasteiger partial charge on any atom is -0.497 e. The van der Waals surface area contributed by atoms with Crippen molar-refractivity contribution in [3.8, 4) is 17.2 Å². The molecule has 0 heterocycles. The van der Waals surface area contributed by atoms with Crippen molar-refractivity contribution in [2.24, 2.45) is 0 Å². The molecule has 0 fully saturated rings. The van der Waals surface area contributed by atoms with Gasteiger partial charge in [-0.15, -0.1) is 0 Å². The molecular weight excluding hydrogens is 468 g/mol. The summed E-state index contributed by atoms with van der Waals surface area (Å²) in [7, 11) is -1.96. The van der Waals surface area contributed by atoms with Crippen LogP contribution in [-0.4, -0.2) is 15.5 Å². The van der Waals surface area contributed by atoms with Crippen LogP contribution in [0.25, 0.3) is 0 Å². The standard InChI is InChI=1S/C31H32O4S/c1-21-7-17-29(22(2)19-21)36(32,33)30-18-16-28(20-23(30)3)35-27-14-10-25(11-15-27)31(4,5)24-8-12-26(34-6)13-9-24/h7-20H,1-6H3. The summed E-state index contributed by atoms with van der Waals surface area (Å²) in [5, 5.41) is 0. The van der Waals surface area contributed by atoms with Crippen LogP contribution in [0, 0.1) is 20.8 Å². The third-order valence-electron chi connectivity index (χ3n) is 6.68.